The van der Waals surface area contributed by atoms with Crippen LogP contribution in [0.25, 0.3) is 10.9 Å². The molecule has 12 N–H and O–H groups in total. The van der Waals surface area contributed by atoms with Gasteiger partial charge >= 0.3 is 11.9 Å². The summed E-state index contributed by atoms with van der Waals surface area (Å²) in [6, 6.07) is 3.69. The van der Waals surface area contributed by atoms with E-state index in [1.54, 1.807) is 12.3 Å². The molecule has 2 aromatic rings. The van der Waals surface area contributed by atoms with Gasteiger partial charge in [0, 0.05) is 36.5 Å². The molecule has 0 bridgehead atoms. The highest BCUT2D eigenvalue weighted by Crippen LogP contribution is 2.19. The second kappa shape index (κ2) is 14.9. The van der Waals surface area contributed by atoms with Crippen molar-refractivity contribution >= 4 is 46.5 Å². The molecule has 0 fully saturated rings. The molecule has 0 aliphatic carbocycles. The van der Waals surface area contributed by atoms with Gasteiger partial charge in [-0.25, -0.2) is 0 Å². The van der Waals surface area contributed by atoms with Crippen molar-refractivity contribution in [1.82, 2.24) is 20.9 Å². The van der Waals surface area contributed by atoms with Crippen LogP contribution < -0.4 is 33.2 Å². The Balaban J connectivity index is 2.18. The molecule has 0 saturated heterocycles. The third kappa shape index (κ3) is 10.3. The number of rotatable bonds is 16. The molecule has 15 heteroatoms. The molecule has 3 amide bonds. The first-order chi connectivity index (χ1) is 18.5. The Kier molecular flexibility index (Phi) is 11.7. The number of nitrogens with zero attached hydrogens (tertiary/aromatic N) is 1. The minimum Gasteiger partial charge on any atom is -0.481 e. The monoisotopic (exact) mass is 546 g/mol. The number of aromatic nitrogens is 1. The second-order valence-electron chi connectivity index (χ2n) is 8.79. The Morgan fingerprint density at radius 3 is 2.28 bits per heavy atom. The number of para-hydroxylation sites is 1. The Morgan fingerprint density at radius 1 is 0.923 bits per heavy atom. The molecule has 1 aromatic heterocycles. The van der Waals surface area contributed by atoms with Gasteiger partial charge in [-0.1, -0.05) is 18.2 Å². The molecule has 39 heavy (non-hydrogen) atoms. The van der Waals surface area contributed by atoms with Crippen molar-refractivity contribution < 1.29 is 34.2 Å². The van der Waals surface area contributed by atoms with Crippen molar-refractivity contribution in [3.63, 3.8) is 0 Å². The number of carboxylic acids is 2. The number of carbonyl (C=O) groups excluding carboxylic acids is 3. The molecule has 0 aliphatic heterocycles. The van der Waals surface area contributed by atoms with Crippen LogP contribution in [0.15, 0.2) is 35.5 Å². The van der Waals surface area contributed by atoms with Crippen LogP contribution in [0.2, 0.25) is 0 Å². The highest BCUT2D eigenvalue weighted by Gasteiger charge is 2.29. The Bertz CT molecular complexity index is 1210. The zero-order valence-electron chi connectivity index (χ0n) is 21.2. The molecule has 0 aliphatic rings. The first-order valence-electron chi connectivity index (χ1n) is 12.2. The van der Waals surface area contributed by atoms with Crippen molar-refractivity contribution in [2.24, 2.45) is 22.2 Å². The third-order valence-corrected chi connectivity index (χ3v) is 5.73. The largest absolute Gasteiger partial charge is 0.481 e. The number of hydrogen-bond acceptors (Lipinski definition) is 7. The average Bonchev–Trinajstić information content (AvgIpc) is 3.29. The number of carboxylic acid groups (broad SMARTS) is 2. The number of fused-ring (bicyclic) bond motifs is 1. The molecular weight excluding hydrogens is 512 g/mol. The van der Waals surface area contributed by atoms with Crippen LogP contribution in [-0.2, 0) is 30.4 Å². The zero-order chi connectivity index (χ0) is 28.9. The van der Waals surface area contributed by atoms with Crippen LogP contribution in [-0.4, -0.2) is 82.0 Å². The summed E-state index contributed by atoms with van der Waals surface area (Å²) in [5, 5.41) is 26.1. The number of aromatic amines is 1. The molecular formula is C24H34N8O7. The molecule has 15 nitrogen and oxygen atoms in total. The summed E-state index contributed by atoms with van der Waals surface area (Å²) in [4.78, 5) is 67.6. The lowest BCUT2D eigenvalue weighted by Crippen LogP contribution is -2.56. The zero-order valence-corrected chi connectivity index (χ0v) is 21.2. The fourth-order valence-electron chi connectivity index (χ4n) is 3.75. The van der Waals surface area contributed by atoms with Gasteiger partial charge in [-0.2, -0.15) is 0 Å². The van der Waals surface area contributed by atoms with E-state index in [1.807, 2.05) is 18.2 Å². The lowest BCUT2D eigenvalue weighted by molar-refractivity contribution is -0.138. The van der Waals surface area contributed by atoms with E-state index >= 15 is 0 Å². The quantitative estimate of drug-likeness (QED) is 0.0642. The van der Waals surface area contributed by atoms with Crippen LogP contribution in [0.3, 0.4) is 0 Å². The van der Waals surface area contributed by atoms with Crippen molar-refractivity contribution in [2.75, 3.05) is 13.1 Å². The van der Waals surface area contributed by atoms with E-state index in [0.717, 1.165) is 10.9 Å². The van der Waals surface area contributed by atoms with Gasteiger partial charge in [-0.3, -0.25) is 29.0 Å². The number of nitrogens with one attached hydrogen (secondary N) is 4. The van der Waals surface area contributed by atoms with Crippen molar-refractivity contribution in [2.45, 2.75) is 50.2 Å². The van der Waals surface area contributed by atoms with E-state index in [9.17, 15) is 24.0 Å². The molecule has 0 radical (unpaired) electrons. The third-order valence-electron chi connectivity index (χ3n) is 5.73. The number of aliphatic imine (C=N–C) groups is 1. The fraction of sp³-hybridized carbons (Fsp3) is 0.417. The van der Waals surface area contributed by atoms with Crippen molar-refractivity contribution in [1.29, 1.82) is 0 Å². The van der Waals surface area contributed by atoms with Crippen LogP contribution in [0.5, 0.6) is 0 Å². The summed E-state index contributed by atoms with van der Waals surface area (Å²) < 4.78 is 0. The molecule has 212 valence electrons. The van der Waals surface area contributed by atoms with E-state index in [4.69, 9.17) is 27.4 Å². The van der Waals surface area contributed by atoms with Crippen LogP contribution in [0, 0.1) is 0 Å². The molecule has 0 saturated carbocycles. The highest BCUT2D eigenvalue weighted by atomic mass is 16.4. The van der Waals surface area contributed by atoms with Gasteiger partial charge in [0.15, 0.2) is 5.96 Å². The number of hydrogen-bond donors (Lipinski definition) is 9. The maximum absolute atomic E-state index is 13.2. The summed E-state index contributed by atoms with van der Waals surface area (Å²) >= 11 is 0. The summed E-state index contributed by atoms with van der Waals surface area (Å²) in [6.45, 7) is -0.430. The standard InChI is InChI=1S/C24H34N8O7/c25-15(5-3-9-28-24(26)27)21(37)31-17(7-8-19(33)34)23(39)32-18(22(38)30-12-20(35)36)10-13-11-29-16-6-2-1-4-14(13)16/h1-2,4,6,11,15,17-18,29H,3,5,7-10,12,25H2,(H,30,38)(H,31,37)(H,32,39)(H,33,34)(H,35,36)(H4,26,27,28). The molecule has 1 heterocycles. The second-order valence-corrected chi connectivity index (χ2v) is 8.79. The number of aliphatic carboxylic acids is 2. The topological polar surface area (TPSA) is 268 Å². The molecule has 2 rings (SSSR count). The molecule has 1 aromatic carbocycles. The molecule has 0 spiro atoms. The fourth-order valence-corrected chi connectivity index (χ4v) is 3.75. The lowest BCUT2D eigenvalue weighted by Gasteiger charge is -2.24. The maximum Gasteiger partial charge on any atom is 0.322 e. The first-order valence-corrected chi connectivity index (χ1v) is 12.2. The first kappa shape index (κ1) is 30.6. The summed E-state index contributed by atoms with van der Waals surface area (Å²) in [6.07, 6.45) is 1.51. The van der Waals surface area contributed by atoms with E-state index in [1.165, 1.54) is 0 Å². The van der Waals surface area contributed by atoms with E-state index in [0.29, 0.717) is 12.0 Å². The lowest BCUT2D eigenvalue weighted by atomic mass is 10.0. The predicted molar refractivity (Wildman–Crippen MR) is 141 cm³/mol. The van der Waals surface area contributed by atoms with Gasteiger partial charge < -0.3 is 48.3 Å². The molecule has 3 unspecified atom stereocenters. The maximum atomic E-state index is 13.2. The minimum atomic E-state index is -1.32. The Hall–Kier alpha value is -4.66. The molecule has 3 atom stereocenters. The summed E-state index contributed by atoms with van der Waals surface area (Å²) in [5.41, 5.74) is 17.9. The number of nitrogens with two attached hydrogens (primary N) is 3. The van der Waals surface area contributed by atoms with Gasteiger partial charge in [-0.15, -0.1) is 0 Å². The van der Waals surface area contributed by atoms with Crippen LogP contribution in [0.1, 0.15) is 31.2 Å². The van der Waals surface area contributed by atoms with Gasteiger partial charge in [0.2, 0.25) is 17.7 Å². The number of amides is 3. The van der Waals surface area contributed by atoms with E-state index in [-0.39, 0.29) is 31.8 Å². The van der Waals surface area contributed by atoms with Gasteiger partial charge in [0.05, 0.1) is 6.04 Å². The number of benzene rings is 1. The van der Waals surface area contributed by atoms with Crippen molar-refractivity contribution in [3.05, 3.63) is 36.0 Å². The number of carbonyl (C=O) groups is 5. The van der Waals surface area contributed by atoms with Crippen molar-refractivity contribution in [3.8, 4) is 0 Å². The van der Waals surface area contributed by atoms with Crippen LogP contribution in [0.4, 0.5) is 0 Å². The number of H-pyrrole nitrogens is 1. The Labute approximate surface area is 223 Å². The van der Waals surface area contributed by atoms with Crippen LogP contribution >= 0.6 is 0 Å². The summed E-state index contributed by atoms with van der Waals surface area (Å²) in [7, 11) is 0. The smallest absolute Gasteiger partial charge is 0.322 e. The van der Waals surface area contributed by atoms with E-state index in [2.05, 4.69) is 25.9 Å². The highest BCUT2D eigenvalue weighted by molar-refractivity contribution is 5.94. The average molecular weight is 547 g/mol. The van der Waals surface area contributed by atoms with Gasteiger partial charge in [0.1, 0.15) is 18.6 Å². The predicted octanol–water partition coefficient (Wildman–Crippen LogP) is -1.87. The van der Waals surface area contributed by atoms with E-state index < -0.39 is 60.8 Å². The minimum absolute atomic E-state index is 0.00882. The number of guanidine groups is 1. The normalized spacial score (nSPS) is 13.1. The SMILES string of the molecule is NC(N)=NCCCC(N)C(=O)NC(CCC(=O)O)C(=O)NC(Cc1c[nH]c2ccccc12)C(=O)NCC(=O)O. The summed E-state index contributed by atoms with van der Waals surface area (Å²) in [5.74, 6) is -4.87. The van der Waals surface area contributed by atoms with Gasteiger partial charge in [-0.05, 0) is 30.9 Å². The van der Waals surface area contributed by atoms with Gasteiger partial charge in [0.25, 0.3) is 0 Å². The Morgan fingerprint density at radius 2 is 1.62 bits per heavy atom.